The number of hydrogen-bond donors (Lipinski definition) is 1. The Morgan fingerprint density at radius 1 is 1.38 bits per heavy atom. The number of carbonyl (C=O) groups is 3. The molecule has 7 heteroatoms. The highest BCUT2D eigenvalue weighted by Crippen LogP contribution is 2.18. The van der Waals surface area contributed by atoms with Crippen LogP contribution < -0.4 is 5.32 Å². The Morgan fingerprint density at radius 3 is 2.50 bits per heavy atom. The molecule has 0 saturated carbocycles. The minimum atomic E-state index is -0.510. The zero-order valence-electron chi connectivity index (χ0n) is 8.03. The maximum Gasteiger partial charge on any atom is 0.259 e. The van der Waals surface area contributed by atoms with Crippen molar-refractivity contribution in [2.24, 2.45) is 0 Å². The molecule has 1 aromatic rings. The maximum absolute atomic E-state index is 11.8. The smallest absolute Gasteiger partial charge is 0.259 e. The summed E-state index contributed by atoms with van der Waals surface area (Å²) in [6.45, 7) is -0.321. The summed E-state index contributed by atoms with van der Waals surface area (Å²) >= 11 is 5.63. The molecule has 16 heavy (non-hydrogen) atoms. The van der Waals surface area contributed by atoms with Gasteiger partial charge in [0.25, 0.3) is 5.91 Å². The number of furan rings is 1. The molecule has 1 saturated heterocycles. The van der Waals surface area contributed by atoms with Crippen LogP contribution in [-0.4, -0.2) is 35.7 Å². The number of imide groups is 1. The van der Waals surface area contributed by atoms with E-state index < -0.39 is 17.7 Å². The first-order chi connectivity index (χ1) is 7.58. The fraction of sp³-hybridized carbons (Fsp3) is 0.222. The summed E-state index contributed by atoms with van der Waals surface area (Å²) in [5.74, 6) is -1.52. The van der Waals surface area contributed by atoms with Crippen LogP contribution in [0.3, 0.4) is 0 Å². The predicted molar refractivity (Wildman–Crippen MR) is 52.8 cm³/mol. The van der Waals surface area contributed by atoms with E-state index in [1.54, 1.807) is 0 Å². The molecule has 3 amide bonds. The first kappa shape index (κ1) is 10.7. The van der Waals surface area contributed by atoms with Gasteiger partial charge < -0.3 is 9.32 Å². The van der Waals surface area contributed by atoms with Crippen molar-refractivity contribution in [2.45, 2.75) is 0 Å². The molecule has 0 atom stereocenters. The minimum Gasteiger partial charge on any atom is -0.452 e. The van der Waals surface area contributed by atoms with E-state index in [9.17, 15) is 14.4 Å². The number of piperazine rings is 1. The zero-order valence-corrected chi connectivity index (χ0v) is 8.78. The van der Waals surface area contributed by atoms with Gasteiger partial charge in [0.15, 0.2) is 0 Å². The van der Waals surface area contributed by atoms with Crippen molar-refractivity contribution >= 4 is 29.3 Å². The quantitative estimate of drug-likeness (QED) is 0.705. The maximum atomic E-state index is 11.8. The molecule has 6 nitrogen and oxygen atoms in total. The average molecular weight is 243 g/mol. The molecule has 1 N–H and O–H groups in total. The van der Waals surface area contributed by atoms with E-state index in [2.05, 4.69) is 5.32 Å². The molecule has 0 radical (unpaired) electrons. The number of hydrogen-bond acceptors (Lipinski definition) is 4. The second-order valence-electron chi connectivity index (χ2n) is 3.24. The van der Waals surface area contributed by atoms with Gasteiger partial charge in [0.05, 0.1) is 11.8 Å². The second-order valence-corrected chi connectivity index (χ2v) is 3.58. The van der Waals surface area contributed by atoms with Crippen molar-refractivity contribution in [1.82, 2.24) is 10.2 Å². The monoisotopic (exact) mass is 242 g/mol. The Balaban J connectivity index is 2.19. The van der Waals surface area contributed by atoms with Crippen LogP contribution in [0, 0.1) is 0 Å². The molecule has 1 aliphatic heterocycles. The molecule has 1 aromatic heterocycles. The highest BCUT2D eigenvalue weighted by atomic mass is 35.5. The van der Waals surface area contributed by atoms with Crippen LogP contribution in [0.4, 0.5) is 0 Å². The van der Waals surface area contributed by atoms with E-state index >= 15 is 0 Å². The van der Waals surface area contributed by atoms with Crippen molar-refractivity contribution in [3.05, 3.63) is 23.1 Å². The van der Waals surface area contributed by atoms with Crippen LogP contribution in [0.1, 0.15) is 10.4 Å². The highest BCUT2D eigenvalue weighted by molar-refractivity contribution is 6.32. The lowest BCUT2D eigenvalue weighted by Gasteiger charge is -2.24. The summed E-state index contributed by atoms with van der Waals surface area (Å²) in [5, 5.41) is 2.04. The van der Waals surface area contributed by atoms with Gasteiger partial charge in [-0.15, -0.1) is 0 Å². The van der Waals surface area contributed by atoms with Gasteiger partial charge in [0.2, 0.25) is 17.0 Å². The van der Waals surface area contributed by atoms with Gasteiger partial charge in [-0.05, 0) is 17.7 Å². The molecule has 0 aliphatic carbocycles. The van der Waals surface area contributed by atoms with Gasteiger partial charge in [-0.1, -0.05) is 0 Å². The Kier molecular flexibility index (Phi) is 2.66. The van der Waals surface area contributed by atoms with Crippen molar-refractivity contribution in [1.29, 1.82) is 0 Å². The summed E-state index contributed by atoms with van der Waals surface area (Å²) in [6, 6.07) is 1.39. The standard InChI is InChI=1S/C9H7ClN2O4/c10-8-5(1-2-16-8)9(15)12-3-6(13)11-7(14)4-12/h1-2H,3-4H2,(H,11,13,14). The number of nitrogens with one attached hydrogen (secondary N) is 1. The van der Waals surface area contributed by atoms with Gasteiger partial charge >= 0.3 is 0 Å². The summed E-state index contributed by atoms with van der Waals surface area (Å²) in [5.41, 5.74) is 0.143. The number of carbonyl (C=O) groups excluding carboxylic acids is 3. The van der Waals surface area contributed by atoms with Gasteiger partial charge in [-0.25, -0.2) is 0 Å². The van der Waals surface area contributed by atoms with Gasteiger partial charge in [-0.2, -0.15) is 0 Å². The highest BCUT2D eigenvalue weighted by Gasteiger charge is 2.28. The largest absolute Gasteiger partial charge is 0.452 e. The van der Waals surface area contributed by atoms with E-state index in [0.29, 0.717) is 0 Å². The van der Waals surface area contributed by atoms with Crippen LogP contribution in [0.25, 0.3) is 0 Å². The fourth-order valence-corrected chi connectivity index (χ4v) is 1.59. The van der Waals surface area contributed by atoms with E-state index in [-0.39, 0.29) is 23.9 Å². The Hall–Kier alpha value is -1.82. The lowest BCUT2D eigenvalue weighted by Crippen LogP contribution is -2.53. The normalized spacial score (nSPS) is 16.2. The number of halogens is 1. The van der Waals surface area contributed by atoms with Crippen LogP contribution >= 0.6 is 11.6 Å². The molecule has 2 rings (SSSR count). The van der Waals surface area contributed by atoms with E-state index in [1.807, 2.05) is 0 Å². The van der Waals surface area contributed by atoms with Crippen molar-refractivity contribution in [3.8, 4) is 0 Å². The van der Waals surface area contributed by atoms with Crippen LogP contribution in [0.5, 0.6) is 0 Å². The third-order valence-corrected chi connectivity index (χ3v) is 2.38. The third-order valence-electron chi connectivity index (χ3n) is 2.08. The second kappa shape index (κ2) is 3.97. The predicted octanol–water partition coefficient (Wildman–Crippen LogP) is 0.0316. The molecule has 0 spiro atoms. The van der Waals surface area contributed by atoms with Crippen LogP contribution in [0.2, 0.25) is 5.22 Å². The SMILES string of the molecule is O=C1CN(C(=O)c2ccoc2Cl)CC(=O)N1. The molecule has 2 heterocycles. The van der Waals surface area contributed by atoms with Crippen molar-refractivity contribution in [3.63, 3.8) is 0 Å². The number of rotatable bonds is 1. The number of amides is 3. The average Bonchev–Trinajstić information content (AvgIpc) is 2.62. The van der Waals surface area contributed by atoms with Gasteiger partial charge in [-0.3, -0.25) is 19.7 Å². The van der Waals surface area contributed by atoms with Crippen LogP contribution in [-0.2, 0) is 9.59 Å². The van der Waals surface area contributed by atoms with Crippen LogP contribution in [0.15, 0.2) is 16.7 Å². The van der Waals surface area contributed by atoms with E-state index in [1.165, 1.54) is 12.3 Å². The summed E-state index contributed by atoms with van der Waals surface area (Å²) in [7, 11) is 0. The fourth-order valence-electron chi connectivity index (χ4n) is 1.40. The summed E-state index contributed by atoms with van der Waals surface area (Å²) < 4.78 is 4.76. The first-order valence-electron chi connectivity index (χ1n) is 4.43. The molecule has 0 bridgehead atoms. The Bertz CT molecular complexity index is 452. The van der Waals surface area contributed by atoms with E-state index in [0.717, 1.165) is 4.90 Å². The van der Waals surface area contributed by atoms with Gasteiger partial charge in [0, 0.05) is 0 Å². The lowest BCUT2D eigenvalue weighted by atomic mass is 10.2. The number of nitrogens with zero attached hydrogens (tertiary/aromatic N) is 1. The topological polar surface area (TPSA) is 79.6 Å². The zero-order chi connectivity index (χ0) is 11.7. The summed E-state index contributed by atoms with van der Waals surface area (Å²) in [4.78, 5) is 35.1. The molecule has 84 valence electrons. The van der Waals surface area contributed by atoms with Gasteiger partial charge in [0.1, 0.15) is 13.1 Å². The molecular formula is C9H7ClN2O4. The molecule has 1 aliphatic rings. The lowest BCUT2D eigenvalue weighted by molar-refractivity contribution is -0.135. The summed E-state index contributed by atoms with van der Waals surface area (Å²) in [6.07, 6.45) is 1.27. The van der Waals surface area contributed by atoms with Crippen molar-refractivity contribution < 1.29 is 18.8 Å². The van der Waals surface area contributed by atoms with Crippen molar-refractivity contribution in [2.75, 3.05) is 13.1 Å². The molecular weight excluding hydrogens is 236 g/mol. The molecule has 0 aromatic carbocycles. The Labute approximate surface area is 95.1 Å². The Morgan fingerprint density at radius 2 is 2.00 bits per heavy atom. The molecule has 1 fully saturated rings. The minimum absolute atomic E-state index is 0.0524. The first-order valence-corrected chi connectivity index (χ1v) is 4.80. The third kappa shape index (κ3) is 1.92. The molecule has 0 unspecified atom stereocenters. The van der Waals surface area contributed by atoms with E-state index in [4.69, 9.17) is 16.0 Å².